The van der Waals surface area contributed by atoms with Gasteiger partial charge in [0, 0.05) is 0 Å². The molecule has 0 fully saturated rings. The zero-order valence-electron chi connectivity index (χ0n) is 6.82. The number of fused-ring (bicyclic) bond motifs is 1. The first kappa shape index (κ1) is 10.0. The quantitative estimate of drug-likeness (QED) is 0.627. The molecular weight excluding hydrogens is 276 g/mol. The smallest absolute Gasteiger partial charge is 0.318 e. The lowest BCUT2D eigenvalue weighted by molar-refractivity contribution is 0.120. The van der Waals surface area contributed by atoms with E-state index >= 15 is 0 Å². The van der Waals surface area contributed by atoms with Gasteiger partial charge in [-0.2, -0.15) is 8.78 Å². The highest BCUT2D eigenvalue weighted by atomic mass is 79.9. The first-order chi connectivity index (χ1) is 6.61. The molecule has 2 rings (SSSR count). The molecule has 14 heavy (non-hydrogen) atoms. The second kappa shape index (κ2) is 3.58. The number of ether oxygens (including phenoxy) is 1. The highest BCUT2D eigenvalue weighted by molar-refractivity contribution is 9.10. The number of thiol groups is 1. The first-order valence-electron chi connectivity index (χ1n) is 3.81. The van der Waals surface area contributed by atoms with E-state index in [1.807, 2.05) is 0 Å². The number of hydrogen-bond acceptors (Lipinski definition) is 3. The number of para-hydroxylation sites is 1. The molecule has 6 heteroatoms. The summed E-state index contributed by atoms with van der Waals surface area (Å²) in [6.45, 7) is -2.62. The van der Waals surface area contributed by atoms with Gasteiger partial charge in [-0.05, 0) is 28.1 Å². The van der Waals surface area contributed by atoms with Crippen molar-refractivity contribution in [1.29, 1.82) is 0 Å². The molecule has 0 bridgehead atoms. The Morgan fingerprint density at radius 3 is 2.86 bits per heavy atom. The maximum absolute atomic E-state index is 12.6. The molecule has 2 nitrogen and oxygen atoms in total. The van der Waals surface area contributed by atoms with Gasteiger partial charge in [0.05, 0.1) is 10.2 Å². The Morgan fingerprint density at radius 2 is 2.21 bits per heavy atom. The first-order valence-corrected chi connectivity index (χ1v) is 5.12. The SMILES string of the molecule is FC(F)N1c2cccc(Br)c2OC1S. The van der Waals surface area contributed by atoms with Crippen LogP contribution in [0.25, 0.3) is 0 Å². The Labute approximate surface area is 93.4 Å². The number of anilines is 1. The average Bonchev–Trinajstić information content (AvgIpc) is 2.42. The lowest BCUT2D eigenvalue weighted by Gasteiger charge is -2.19. The Hall–Kier alpha value is -0.490. The maximum atomic E-state index is 12.6. The standard InChI is InChI=1S/C8H6BrF2NOS/c9-4-2-1-3-5-6(4)13-8(14)12(5)7(10)11/h1-3,7-8,14H. The van der Waals surface area contributed by atoms with Crippen molar-refractivity contribution in [2.75, 3.05) is 4.90 Å². The highest BCUT2D eigenvalue weighted by Gasteiger charge is 2.35. The second-order valence-corrected chi connectivity index (χ2v) is 4.01. The molecule has 1 atom stereocenters. The third-order valence-corrected chi connectivity index (χ3v) is 2.87. The molecule has 1 aromatic carbocycles. The minimum Gasteiger partial charge on any atom is -0.458 e. The Bertz CT molecular complexity index is 363. The van der Waals surface area contributed by atoms with Gasteiger partial charge < -0.3 is 4.74 Å². The van der Waals surface area contributed by atoms with Crippen LogP contribution in [0.4, 0.5) is 14.5 Å². The molecule has 0 saturated carbocycles. The van der Waals surface area contributed by atoms with E-state index in [2.05, 4.69) is 28.6 Å². The van der Waals surface area contributed by atoms with Crippen molar-refractivity contribution in [2.24, 2.45) is 0 Å². The van der Waals surface area contributed by atoms with Gasteiger partial charge >= 0.3 is 6.55 Å². The van der Waals surface area contributed by atoms with Crippen molar-refractivity contribution in [3.05, 3.63) is 22.7 Å². The molecule has 1 aliphatic heterocycles. The second-order valence-electron chi connectivity index (χ2n) is 2.72. The van der Waals surface area contributed by atoms with Gasteiger partial charge in [-0.1, -0.05) is 6.07 Å². The van der Waals surface area contributed by atoms with Crippen LogP contribution >= 0.6 is 28.6 Å². The third-order valence-electron chi connectivity index (χ3n) is 1.90. The van der Waals surface area contributed by atoms with E-state index in [1.54, 1.807) is 18.2 Å². The molecule has 0 radical (unpaired) electrons. The highest BCUT2D eigenvalue weighted by Crippen LogP contribution is 2.44. The summed E-state index contributed by atoms with van der Waals surface area (Å²) in [4.78, 5) is 0.809. The molecule has 0 spiro atoms. The molecule has 1 aliphatic rings. The maximum Gasteiger partial charge on any atom is 0.318 e. The minimum atomic E-state index is -2.62. The molecule has 0 saturated heterocycles. The molecule has 1 heterocycles. The zero-order chi connectivity index (χ0) is 10.3. The molecule has 0 aromatic heterocycles. The van der Waals surface area contributed by atoms with Crippen molar-refractivity contribution >= 4 is 34.2 Å². The molecule has 76 valence electrons. The summed E-state index contributed by atoms with van der Waals surface area (Å²) in [5.41, 5.74) is -0.571. The number of nitrogens with zero attached hydrogens (tertiary/aromatic N) is 1. The van der Waals surface area contributed by atoms with Crippen LogP contribution in [0, 0.1) is 0 Å². The number of hydrogen-bond donors (Lipinski definition) is 1. The monoisotopic (exact) mass is 281 g/mol. The van der Waals surface area contributed by atoms with E-state index in [4.69, 9.17) is 4.74 Å². The molecule has 0 amide bonds. The number of alkyl halides is 2. The summed E-state index contributed by atoms with van der Waals surface area (Å²) < 4.78 is 31.0. The fourth-order valence-corrected chi connectivity index (χ4v) is 2.08. The molecule has 1 aromatic rings. The molecule has 0 aliphatic carbocycles. The van der Waals surface area contributed by atoms with Crippen molar-refractivity contribution in [3.8, 4) is 5.75 Å². The topological polar surface area (TPSA) is 12.5 Å². The summed E-state index contributed by atoms with van der Waals surface area (Å²) >= 11 is 7.14. The van der Waals surface area contributed by atoms with Gasteiger partial charge in [0.2, 0.25) is 5.56 Å². The van der Waals surface area contributed by atoms with Gasteiger partial charge in [-0.15, -0.1) is 12.6 Å². The lowest BCUT2D eigenvalue weighted by Crippen LogP contribution is -2.34. The predicted molar refractivity (Wildman–Crippen MR) is 56.0 cm³/mol. The predicted octanol–water partition coefficient (Wildman–Crippen LogP) is 3.08. The summed E-state index contributed by atoms with van der Waals surface area (Å²) in [5.74, 6) is 0.410. The largest absolute Gasteiger partial charge is 0.458 e. The van der Waals surface area contributed by atoms with Crippen LogP contribution in [0.15, 0.2) is 22.7 Å². The van der Waals surface area contributed by atoms with Crippen LogP contribution in [-0.2, 0) is 0 Å². The van der Waals surface area contributed by atoms with E-state index < -0.39 is 12.1 Å². The Balaban J connectivity index is 2.47. The molecular formula is C8H6BrF2NOS. The van der Waals surface area contributed by atoms with Crippen LogP contribution in [0.1, 0.15) is 0 Å². The Kier molecular flexibility index (Phi) is 2.57. The van der Waals surface area contributed by atoms with E-state index in [1.165, 1.54) is 0 Å². The van der Waals surface area contributed by atoms with Crippen molar-refractivity contribution in [2.45, 2.75) is 12.1 Å². The minimum absolute atomic E-state index is 0.356. The average molecular weight is 282 g/mol. The normalized spacial score (nSPS) is 19.8. The molecule has 1 unspecified atom stereocenters. The Morgan fingerprint density at radius 1 is 1.50 bits per heavy atom. The van der Waals surface area contributed by atoms with Gasteiger partial charge in [0.1, 0.15) is 0 Å². The van der Waals surface area contributed by atoms with E-state index in [9.17, 15) is 8.78 Å². The van der Waals surface area contributed by atoms with Gasteiger partial charge in [-0.3, -0.25) is 4.90 Å². The lowest BCUT2D eigenvalue weighted by atomic mass is 10.3. The molecule has 0 N–H and O–H groups in total. The summed E-state index contributed by atoms with van der Waals surface area (Å²) in [7, 11) is 0. The van der Waals surface area contributed by atoms with E-state index in [-0.39, 0.29) is 0 Å². The number of halogens is 3. The summed E-state index contributed by atoms with van der Waals surface area (Å²) in [6.07, 6.45) is 0. The van der Waals surface area contributed by atoms with Crippen LogP contribution in [0.2, 0.25) is 0 Å². The van der Waals surface area contributed by atoms with Gasteiger partial charge in [0.15, 0.2) is 5.75 Å². The van der Waals surface area contributed by atoms with Crippen LogP contribution in [0.3, 0.4) is 0 Å². The van der Waals surface area contributed by atoms with Crippen LogP contribution in [0.5, 0.6) is 5.75 Å². The number of rotatable bonds is 1. The van der Waals surface area contributed by atoms with Gasteiger partial charge in [0.25, 0.3) is 0 Å². The van der Waals surface area contributed by atoms with Gasteiger partial charge in [-0.25, -0.2) is 0 Å². The van der Waals surface area contributed by atoms with Crippen molar-refractivity contribution < 1.29 is 13.5 Å². The summed E-state index contributed by atoms with van der Waals surface area (Å²) in [5, 5.41) is 0. The van der Waals surface area contributed by atoms with Crippen LogP contribution in [-0.4, -0.2) is 12.1 Å². The number of benzene rings is 1. The van der Waals surface area contributed by atoms with Crippen LogP contribution < -0.4 is 9.64 Å². The fourth-order valence-electron chi connectivity index (χ4n) is 1.30. The third kappa shape index (κ3) is 1.46. The fraction of sp³-hybridized carbons (Fsp3) is 0.250. The summed E-state index contributed by atoms with van der Waals surface area (Å²) in [6, 6.07) is 4.98. The van der Waals surface area contributed by atoms with E-state index in [0.29, 0.717) is 15.9 Å². The zero-order valence-corrected chi connectivity index (χ0v) is 9.30. The van der Waals surface area contributed by atoms with Crippen molar-refractivity contribution in [1.82, 2.24) is 0 Å². The van der Waals surface area contributed by atoms with Crippen molar-refractivity contribution in [3.63, 3.8) is 0 Å². The van der Waals surface area contributed by atoms with E-state index in [0.717, 1.165) is 4.90 Å².